The van der Waals surface area contributed by atoms with Crippen molar-refractivity contribution in [2.45, 2.75) is 76.5 Å². The van der Waals surface area contributed by atoms with Gasteiger partial charge in [0.25, 0.3) is 0 Å². The molecule has 0 saturated heterocycles. The average Bonchev–Trinajstić information content (AvgIpc) is 3.02. The number of carbonyl (C=O) groups excluding carboxylic acids is 1. The molecule has 0 saturated carbocycles. The number of ether oxygens (including phenoxy) is 4. The van der Waals surface area contributed by atoms with E-state index >= 15 is 0 Å². The zero-order valence-corrected chi connectivity index (χ0v) is 27.9. The smallest absolute Gasteiger partial charge is 0.306 e. The van der Waals surface area contributed by atoms with E-state index < -0.39 is 15.8 Å². The van der Waals surface area contributed by atoms with Crippen molar-refractivity contribution in [1.82, 2.24) is 0 Å². The summed E-state index contributed by atoms with van der Waals surface area (Å²) < 4.78 is 46.6. The minimum atomic E-state index is -3.27. The van der Waals surface area contributed by atoms with Crippen LogP contribution in [-0.4, -0.2) is 58.1 Å². The highest BCUT2D eigenvalue weighted by atomic mass is 32.2. The Balaban J connectivity index is 1.54. The lowest BCUT2D eigenvalue weighted by atomic mass is 9.96. The van der Waals surface area contributed by atoms with Gasteiger partial charge in [0.1, 0.15) is 17.2 Å². The van der Waals surface area contributed by atoms with Gasteiger partial charge >= 0.3 is 11.9 Å². The van der Waals surface area contributed by atoms with Gasteiger partial charge in [-0.3, -0.25) is 9.59 Å². The van der Waals surface area contributed by atoms with E-state index in [1.807, 2.05) is 37.3 Å². The van der Waals surface area contributed by atoms with Gasteiger partial charge in [-0.2, -0.15) is 0 Å². The van der Waals surface area contributed by atoms with Crippen LogP contribution in [0.1, 0.15) is 69.9 Å². The topological polar surface area (TPSA) is 125 Å². The fourth-order valence-electron chi connectivity index (χ4n) is 5.06. The van der Waals surface area contributed by atoms with Crippen LogP contribution in [0.5, 0.6) is 17.2 Å². The predicted octanol–water partition coefficient (Wildman–Crippen LogP) is 7.08. The summed E-state index contributed by atoms with van der Waals surface area (Å²) in [6, 6.07) is 18.4. The molecule has 10 heteroatoms. The molecule has 0 unspecified atom stereocenters. The zero-order chi connectivity index (χ0) is 33.4. The van der Waals surface area contributed by atoms with Gasteiger partial charge in [0.05, 0.1) is 31.3 Å². The molecule has 0 aliphatic heterocycles. The van der Waals surface area contributed by atoms with E-state index in [1.54, 1.807) is 31.2 Å². The van der Waals surface area contributed by atoms with Gasteiger partial charge in [-0.25, -0.2) is 8.42 Å². The summed E-state index contributed by atoms with van der Waals surface area (Å²) in [5.41, 5.74) is 3.86. The van der Waals surface area contributed by atoms with Crippen molar-refractivity contribution in [2.24, 2.45) is 0 Å². The van der Waals surface area contributed by atoms with E-state index in [0.29, 0.717) is 56.5 Å². The number of esters is 1. The first-order chi connectivity index (χ1) is 22.1. The van der Waals surface area contributed by atoms with Crippen LogP contribution in [0.2, 0.25) is 0 Å². The van der Waals surface area contributed by atoms with Crippen LogP contribution < -0.4 is 14.2 Å². The second-order valence-electron chi connectivity index (χ2n) is 11.0. The van der Waals surface area contributed by atoms with Crippen molar-refractivity contribution in [3.8, 4) is 28.4 Å². The van der Waals surface area contributed by atoms with Gasteiger partial charge in [0, 0.05) is 25.2 Å². The molecule has 9 nitrogen and oxygen atoms in total. The molecular formula is C36H46O9S. The van der Waals surface area contributed by atoms with Crippen molar-refractivity contribution in [1.29, 1.82) is 0 Å². The summed E-state index contributed by atoms with van der Waals surface area (Å²) in [5, 5.41) is 8.92. The SMILES string of the molecule is CCOC(=O)CCc1c(CCCCCCOc2cc(OCC)cc(-c3ccc(S(C)(=O)=O)cc3)c2)cccc1OCCCC(=O)O. The number of sulfone groups is 1. The number of carboxylic acids is 1. The monoisotopic (exact) mass is 654 g/mol. The third-order valence-corrected chi connectivity index (χ3v) is 8.45. The molecule has 3 aromatic rings. The fourth-order valence-corrected chi connectivity index (χ4v) is 5.69. The summed E-state index contributed by atoms with van der Waals surface area (Å²) in [6.07, 6.45) is 7.06. The third kappa shape index (κ3) is 12.4. The van der Waals surface area contributed by atoms with Gasteiger partial charge in [-0.15, -0.1) is 0 Å². The first-order valence-electron chi connectivity index (χ1n) is 15.9. The predicted molar refractivity (Wildman–Crippen MR) is 178 cm³/mol. The number of carbonyl (C=O) groups is 2. The van der Waals surface area contributed by atoms with E-state index in [2.05, 4.69) is 6.07 Å². The molecule has 0 fully saturated rings. The van der Waals surface area contributed by atoms with Crippen molar-refractivity contribution >= 4 is 21.8 Å². The number of hydrogen-bond donors (Lipinski definition) is 1. The van der Waals surface area contributed by atoms with Crippen LogP contribution in [0.15, 0.2) is 65.6 Å². The minimum absolute atomic E-state index is 0.0434. The summed E-state index contributed by atoms with van der Waals surface area (Å²) >= 11 is 0. The van der Waals surface area contributed by atoms with Crippen molar-refractivity contribution in [3.63, 3.8) is 0 Å². The molecule has 0 aliphatic rings. The summed E-state index contributed by atoms with van der Waals surface area (Å²) in [7, 11) is -3.27. The fraction of sp³-hybridized carbons (Fsp3) is 0.444. The zero-order valence-electron chi connectivity index (χ0n) is 27.1. The summed E-state index contributed by atoms with van der Waals surface area (Å²) in [4.78, 5) is 23.2. The van der Waals surface area contributed by atoms with E-state index in [0.717, 1.165) is 54.4 Å². The summed E-state index contributed by atoms with van der Waals surface area (Å²) in [5.74, 6) is 0.972. The highest BCUT2D eigenvalue weighted by Crippen LogP contribution is 2.31. The van der Waals surface area contributed by atoms with Gasteiger partial charge in [0.2, 0.25) is 0 Å². The largest absolute Gasteiger partial charge is 0.494 e. The van der Waals surface area contributed by atoms with E-state index in [4.69, 9.17) is 24.1 Å². The lowest BCUT2D eigenvalue weighted by Gasteiger charge is -2.16. The number of carboxylic acid groups (broad SMARTS) is 1. The maximum Gasteiger partial charge on any atom is 0.306 e. The van der Waals surface area contributed by atoms with Crippen molar-refractivity contribution in [2.75, 3.05) is 32.7 Å². The maximum atomic E-state index is 12.1. The van der Waals surface area contributed by atoms with Gasteiger partial charge in [-0.05, 0) is 98.5 Å². The van der Waals surface area contributed by atoms with E-state index in [1.165, 1.54) is 6.26 Å². The summed E-state index contributed by atoms with van der Waals surface area (Å²) in [6.45, 7) is 5.40. The molecule has 46 heavy (non-hydrogen) atoms. The molecule has 3 rings (SSSR count). The lowest BCUT2D eigenvalue weighted by Crippen LogP contribution is -2.09. The van der Waals surface area contributed by atoms with Crippen LogP contribution in [0, 0.1) is 0 Å². The molecule has 0 aliphatic carbocycles. The molecular weight excluding hydrogens is 608 g/mol. The van der Waals surface area contributed by atoms with E-state index in [9.17, 15) is 18.0 Å². The quantitative estimate of drug-likeness (QED) is 0.0948. The Kier molecular flexibility index (Phi) is 14.9. The van der Waals surface area contributed by atoms with E-state index in [-0.39, 0.29) is 23.7 Å². The molecule has 0 radical (unpaired) electrons. The lowest BCUT2D eigenvalue weighted by molar-refractivity contribution is -0.143. The second-order valence-corrected chi connectivity index (χ2v) is 13.0. The van der Waals surface area contributed by atoms with Crippen molar-refractivity contribution in [3.05, 3.63) is 71.8 Å². The number of rotatable bonds is 21. The molecule has 0 spiro atoms. The van der Waals surface area contributed by atoms with Gasteiger partial charge < -0.3 is 24.1 Å². The van der Waals surface area contributed by atoms with Crippen LogP contribution in [0.25, 0.3) is 11.1 Å². The van der Waals surface area contributed by atoms with Gasteiger partial charge in [-0.1, -0.05) is 37.1 Å². The number of hydrogen-bond acceptors (Lipinski definition) is 8. The Morgan fingerprint density at radius 3 is 2.09 bits per heavy atom. The van der Waals surface area contributed by atoms with Crippen molar-refractivity contribution < 1.29 is 42.1 Å². The maximum absolute atomic E-state index is 12.1. The Hall–Kier alpha value is -4.05. The van der Waals surface area contributed by atoms with Crippen LogP contribution in [0.3, 0.4) is 0 Å². The molecule has 3 aromatic carbocycles. The number of unbranched alkanes of at least 4 members (excludes halogenated alkanes) is 3. The molecule has 0 atom stereocenters. The van der Waals surface area contributed by atoms with Crippen LogP contribution in [-0.2, 0) is 37.0 Å². The molecule has 0 aromatic heterocycles. The highest BCUT2D eigenvalue weighted by Gasteiger charge is 2.14. The first kappa shape index (κ1) is 36.4. The molecule has 0 bridgehead atoms. The number of benzene rings is 3. The molecule has 1 N–H and O–H groups in total. The Morgan fingerprint density at radius 2 is 1.41 bits per heavy atom. The Labute approximate surface area is 272 Å². The average molecular weight is 655 g/mol. The molecule has 0 heterocycles. The first-order valence-corrected chi connectivity index (χ1v) is 17.8. The standard InChI is InChI=1S/C36H46O9S/c1-4-42-30-24-29(27-16-18-32(19-17-27)46(3,40)41)25-31(26-30)44-22-9-7-6-8-12-28-13-10-14-34(45-23-11-15-35(37)38)33(28)20-21-36(39)43-5-2/h10,13-14,16-19,24-26H,4-9,11-12,15,20-23H2,1-3H3,(H,37,38). The molecule has 250 valence electrons. The second kappa shape index (κ2) is 18.8. The Morgan fingerprint density at radius 1 is 0.717 bits per heavy atom. The number of aliphatic carboxylic acids is 1. The normalized spacial score (nSPS) is 11.2. The highest BCUT2D eigenvalue weighted by molar-refractivity contribution is 7.90. The van der Waals surface area contributed by atoms with Crippen LogP contribution in [0.4, 0.5) is 0 Å². The third-order valence-electron chi connectivity index (χ3n) is 7.32. The molecule has 0 amide bonds. The minimum Gasteiger partial charge on any atom is -0.494 e. The van der Waals surface area contributed by atoms with Crippen LogP contribution >= 0.6 is 0 Å². The van der Waals surface area contributed by atoms with Gasteiger partial charge in [0.15, 0.2) is 9.84 Å². The Bertz CT molecular complexity index is 1510. The number of aryl methyl sites for hydroxylation is 1.